The van der Waals surface area contributed by atoms with Gasteiger partial charge in [-0.05, 0) is 12.3 Å². The molecule has 4 heteroatoms. The van der Waals surface area contributed by atoms with E-state index in [1.165, 1.54) is 0 Å². The number of hydrogen-bond acceptors (Lipinski definition) is 4. The van der Waals surface area contributed by atoms with Crippen molar-refractivity contribution in [3.8, 4) is 0 Å². The maximum absolute atomic E-state index is 5.33. The smallest absolute Gasteiger partial charge is 0.147 e. The Kier molecular flexibility index (Phi) is 3.72. The molecule has 1 unspecified atom stereocenters. The molecule has 0 radical (unpaired) electrons. The van der Waals surface area contributed by atoms with E-state index in [1.807, 2.05) is 12.4 Å². The van der Waals surface area contributed by atoms with E-state index in [0.717, 1.165) is 44.2 Å². The SMILES string of the molecule is CCC(C)c1cncc(N2CCOCC2)n1. The number of nitrogens with zero attached hydrogens (tertiary/aromatic N) is 3. The first-order chi connectivity index (χ1) is 7.81. The topological polar surface area (TPSA) is 38.2 Å². The third kappa shape index (κ3) is 2.50. The molecule has 1 fully saturated rings. The summed E-state index contributed by atoms with van der Waals surface area (Å²) in [5.74, 6) is 1.47. The third-order valence-corrected chi connectivity index (χ3v) is 3.09. The number of rotatable bonds is 3. The first kappa shape index (κ1) is 11.3. The third-order valence-electron chi connectivity index (χ3n) is 3.09. The van der Waals surface area contributed by atoms with E-state index >= 15 is 0 Å². The molecule has 0 aromatic carbocycles. The molecular formula is C12H19N3O. The van der Waals surface area contributed by atoms with Crippen LogP contribution in [0.5, 0.6) is 0 Å². The van der Waals surface area contributed by atoms with Gasteiger partial charge in [0.25, 0.3) is 0 Å². The Morgan fingerprint density at radius 2 is 2.12 bits per heavy atom. The van der Waals surface area contributed by atoms with Crippen molar-refractivity contribution in [2.75, 3.05) is 31.2 Å². The molecule has 1 aromatic heterocycles. The van der Waals surface area contributed by atoms with Crippen LogP contribution in [0.25, 0.3) is 0 Å². The molecule has 0 saturated carbocycles. The summed E-state index contributed by atoms with van der Waals surface area (Å²) in [6, 6.07) is 0. The van der Waals surface area contributed by atoms with Gasteiger partial charge in [0.1, 0.15) is 5.82 Å². The highest BCUT2D eigenvalue weighted by Gasteiger charge is 2.14. The second-order valence-corrected chi connectivity index (χ2v) is 4.21. The van der Waals surface area contributed by atoms with Crippen molar-refractivity contribution in [1.82, 2.24) is 9.97 Å². The van der Waals surface area contributed by atoms with Gasteiger partial charge in [0.15, 0.2) is 0 Å². The Hall–Kier alpha value is -1.16. The Morgan fingerprint density at radius 3 is 2.81 bits per heavy atom. The van der Waals surface area contributed by atoms with Crippen LogP contribution in [0.4, 0.5) is 5.82 Å². The Labute approximate surface area is 96.7 Å². The van der Waals surface area contributed by atoms with Gasteiger partial charge in [-0.25, -0.2) is 4.98 Å². The Morgan fingerprint density at radius 1 is 1.38 bits per heavy atom. The maximum Gasteiger partial charge on any atom is 0.147 e. The molecule has 0 bridgehead atoms. The summed E-state index contributed by atoms with van der Waals surface area (Å²) >= 11 is 0. The summed E-state index contributed by atoms with van der Waals surface area (Å²) in [5.41, 5.74) is 1.09. The molecule has 88 valence electrons. The van der Waals surface area contributed by atoms with Gasteiger partial charge in [0, 0.05) is 19.3 Å². The molecule has 0 spiro atoms. The van der Waals surface area contributed by atoms with Crippen LogP contribution >= 0.6 is 0 Å². The van der Waals surface area contributed by atoms with Gasteiger partial charge in [0.2, 0.25) is 0 Å². The van der Waals surface area contributed by atoms with E-state index in [1.54, 1.807) is 0 Å². The summed E-state index contributed by atoms with van der Waals surface area (Å²) in [7, 11) is 0. The highest BCUT2D eigenvalue weighted by molar-refractivity contribution is 5.37. The highest BCUT2D eigenvalue weighted by atomic mass is 16.5. The van der Waals surface area contributed by atoms with Gasteiger partial charge in [-0.15, -0.1) is 0 Å². The van der Waals surface area contributed by atoms with Crippen LogP contribution in [0.1, 0.15) is 31.9 Å². The second-order valence-electron chi connectivity index (χ2n) is 4.21. The molecule has 0 aliphatic carbocycles. The van der Waals surface area contributed by atoms with Crippen molar-refractivity contribution in [3.63, 3.8) is 0 Å². The van der Waals surface area contributed by atoms with E-state index in [9.17, 15) is 0 Å². The minimum Gasteiger partial charge on any atom is -0.378 e. The number of hydrogen-bond donors (Lipinski definition) is 0. The predicted molar refractivity (Wildman–Crippen MR) is 63.8 cm³/mol. The lowest BCUT2D eigenvalue weighted by Gasteiger charge is -2.28. The van der Waals surface area contributed by atoms with Gasteiger partial charge >= 0.3 is 0 Å². The molecule has 0 N–H and O–H groups in total. The Balaban J connectivity index is 2.14. The fourth-order valence-electron chi connectivity index (χ4n) is 1.76. The summed E-state index contributed by atoms with van der Waals surface area (Å²) in [6.45, 7) is 7.77. The van der Waals surface area contributed by atoms with Crippen LogP contribution in [0, 0.1) is 0 Å². The Bertz CT molecular complexity index is 337. The van der Waals surface area contributed by atoms with E-state index in [0.29, 0.717) is 5.92 Å². The lowest BCUT2D eigenvalue weighted by molar-refractivity contribution is 0.122. The van der Waals surface area contributed by atoms with Crippen molar-refractivity contribution in [2.45, 2.75) is 26.2 Å². The van der Waals surface area contributed by atoms with E-state index in [4.69, 9.17) is 4.74 Å². The van der Waals surface area contributed by atoms with Crippen molar-refractivity contribution < 1.29 is 4.74 Å². The first-order valence-electron chi connectivity index (χ1n) is 5.96. The van der Waals surface area contributed by atoms with Crippen molar-refractivity contribution >= 4 is 5.82 Å². The molecular weight excluding hydrogens is 202 g/mol. The first-order valence-corrected chi connectivity index (χ1v) is 5.96. The summed E-state index contributed by atoms with van der Waals surface area (Å²) in [4.78, 5) is 11.2. The van der Waals surface area contributed by atoms with Crippen molar-refractivity contribution in [2.24, 2.45) is 0 Å². The predicted octanol–water partition coefficient (Wildman–Crippen LogP) is 1.83. The van der Waals surface area contributed by atoms with E-state index in [2.05, 4.69) is 28.7 Å². The van der Waals surface area contributed by atoms with Crippen molar-refractivity contribution in [3.05, 3.63) is 18.1 Å². The van der Waals surface area contributed by atoms with Crippen LogP contribution in [-0.2, 0) is 4.74 Å². The molecule has 4 nitrogen and oxygen atoms in total. The fraction of sp³-hybridized carbons (Fsp3) is 0.667. The molecule has 1 aliphatic rings. The van der Waals surface area contributed by atoms with Crippen LogP contribution < -0.4 is 4.90 Å². The highest BCUT2D eigenvalue weighted by Crippen LogP contribution is 2.19. The van der Waals surface area contributed by atoms with Crippen molar-refractivity contribution in [1.29, 1.82) is 0 Å². The molecule has 2 rings (SSSR count). The van der Waals surface area contributed by atoms with Crippen LogP contribution in [0.2, 0.25) is 0 Å². The minimum absolute atomic E-state index is 0.480. The zero-order chi connectivity index (χ0) is 11.4. The number of ether oxygens (including phenoxy) is 1. The lowest BCUT2D eigenvalue weighted by Crippen LogP contribution is -2.37. The molecule has 2 heterocycles. The molecule has 16 heavy (non-hydrogen) atoms. The van der Waals surface area contributed by atoms with Crippen LogP contribution in [0.15, 0.2) is 12.4 Å². The van der Waals surface area contributed by atoms with Gasteiger partial charge in [-0.2, -0.15) is 0 Å². The van der Waals surface area contributed by atoms with Gasteiger partial charge in [0.05, 0.1) is 25.1 Å². The standard InChI is InChI=1S/C12H19N3O/c1-3-10(2)11-8-13-9-12(14-11)15-4-6-16-7-5-15/h8-10H,3-7H2,1-2H3. The normalized spacial score (nSPS) is 18.5. The zero-order valence-corrected chi connectivity index (χ0v) is 10.0. The molecule has 1 saturated heterocycles. The lowest BCUT2D eigenvalue weighted by atomic mass is 10.1. The number of aromatic nitrogens is 2. The number of anilines is 1. The molecule has 1 atom stereocenters. The monoisotopic (exact) mass is 221 g/mol. The van der Waals surface area contributed by atoms with Crippen LogP contribution in [-0.4, -0.2) is 36.3 Å². The van der Waals surface area contributed by atoms with Gasteiger partial charge < -0.3 is 9.64 Å². The largest absolute Gasteiger partial charge is 0.378 e. The maximum atomic E-state index is 5.33. The van der Waals surface area contributed by atoms with E-state index < -0.39 is 0 Å². The fourth-order valence-corrected chi connectivity index (χ4v) is 1.76. The second kappa shape index (κ2) is 5.25. The summed E-state index contributed by atoms with van der Waals surface area (Å²) in [6.07, 6.45) is 4.82. The summed E-state index contributed by atoms with van der Waals surface area (Å²) in [5, 5.41) is 0. The molecule has 1 aromatic rings. The number of morpholine rings is 1. The molecule has 1 aliphatic heterocycles. The quantitative estimate of drug-likeness (QED) is 0.780. The van der Waals surface area contributed by atoms with E-state index in [-0.39, 0.29) is 0 Å². The average molecular weight is 221 g/mol. The summed E-state index contributed by atoms with van der Waals surface area (Å²) < 4.78 is 5.33. The zero-order valence-electron chi connectivity index (χ0n) is 10.0. The average Bonchev–Trinajstić information content (AvgIpc) is 2.39. The molecule has 0 amide bonds. The van der Waals surface area contributed by atoms with Gasteiger partial charge in [-0.1, -0.05) is 13.8 Å². The van der Waals surface area contributed by atoms with Crippen LogP contribution in [0.3, 0.4) is 0 Å². The van der Waals surface area contributed by atoms with Gasteiger partial charge in [-0.3, -0.25) is 4.98 Å². The minimum atomic E-state index is 0.480.